The minimum atomic E-state index is -0.220. The van der Waals surface area contributed by atoms with E-state index in [4.69, 9.17) is 9.47 Å². The molecule has 0 bridgehead atoms. The molecular weight excluding hydrogens is 282 g/mol. The number of ether oxygens (including phenoxy) is 2. The van der Waals surface area contributed by atoms with Crippen LogP contribution in [-0.4, -0.2) is 23.6 Å². The van der Waals surface area contributed by atoms with Gasteiger partial charge in [0.2, 0.25) is 6.79 Å². The number of aliphatic hydroxyl groups excluding tert-OH is 2. The zero-order valence-corrected chi connectivity index (χ0v) is 12.2. The van der Waals surface area contributed by atoms with Crippen LogP contribution in [0.3, 0.4) is 0 Å². The van der Waals surface area contributed by atoms with Crippen molar-refractivity contribution in [2.45, 2.75) is 18.9 Å². The van der Waals surface area contributed by atoms with Crippen molar-refractivity contribution >= 4 is 0 Å². The third-order valence-corrected chi connectivity index (χ3v) is 3.87. The van der Waals surface area contributed by atoms with Crippen molar-refractivity contribution < 1.29 is 19.7 Å². The van der Waals surface area contributed by atoms with Crippen LogP contribution >= 0.6 is 0 Å². The summed E-state index contributed by atoms with van der Waals surface area (Å²) < 4.78 is 10.7. The molecule has 0 radical (unpaired) electrons. The molecule has 2 heterocycles. The van der Waals surface area contributed by atoms with Crippen LogP contribution in [0.4, 0.5) is 0 Å². The largest absolute Gasteiger partial charge is 0.504 e. The maximum atomic E-state index is 9.90. The van der Waals surface area contributed by atoms with Gasteiger partial charge in [-0.25, -0.2) is 0 Å². The van der Waals surface area contributed by atoms with Crippen molar-refractivity contribution in [3.63, 3.8) is 0 Å². The monoisotopic (exact) mass is 301 g/mol. The van der Waals surface area contributed by atoms with Gasteiger partial charge in [0.05, 0.1) is 6.04 Å². The second-order valence-electron chi connectivity index (χ2n) is 5.30. The third kappa shape index (κ3) is 2.80. The number of piperidine rings is 1. The highest BCUT2D eigenvalue weighted by atomic mass is 16.7. The zero-order chi connectivity index (χ0) is 15.5. The van der Waals surface area contributed by atoms with E-state index in [1.807, 2.05) is 18.2 Å². The van der Waals surface area contributed by atoms with Crippen LogP contribution in [0, 0.1) is 0 Å². The van der Waals surface area contributed by atoms with Crippen molar-refractivity contribution in [1.82, 2.24) is 5.32 Å². The number of nitrogens with one attached hydrogen (secondary N) is 1. The normalized spacial score (nSPS) is 23.3. The van der Waals surface area contributed by atoms with Gasteiger partial charge in [0, 0.05) is 0 Å². The number of aliphatic hydroxyl groups is 2. The summed E-state index contributed by atoms with van der Waals surface area (Å²) in [4.78, 5) is 0. The molecule has 3 rings (SSSR count). The van der Waals surface area contributed by atoms with E-state index in [0.717, 1.165) is 42.0 Å². The molecule has 3 N–H and O–H groups in total. The fourth-order valence-corrected chi connectivity index (χ4v) is 2.75. The third-order valence-electron chi connectivity index (χ3n) is 3.87. The van der Waals surface area contributed by atoms with Gasteiger partial charge in [-0.05, 0) is 54.8 Å². The minimum absolute atomic E-state index is 0.0250. The first-order valence-corrected chi connectivity index (χ1v) is 7.27. The summed E-state index contributed by atoms with van der Waals surface area (Å²) in [6.07, 6.45) is 4.66. The summed E-state index contributed by atoms with van der Waals surface area (Å²) in [6.45, 7) is 4.59. The van der Waals surface area contributed by atoms with Gasteiger partial charge in [0.15, 0.2) is 23.0 Å². The SMILES string of the molecule is C=C/C(O)=C(O)\C=C1/CCCNC1c1ccc2c(c1)OCO2. The van der Waals surface area contributed by atoms with E-state index in [0.29, 0.717) is 0 Å². The maximum Gasteiger partial charge on any atom is 0.231 e. The highest BCUT2D eigenvalue weighted by molar-refractivity contribution is 5.47. The Labute approximate surface area is 129 Å². The van der Waals surface area contributed by atoms with E-state index in [2.05, 4.69) is 11.9 Å². The average Bonchev–Trinajstić information content (AvgIpc) is 3.02. The maximum absolute atomic E-state index is 9.90. The van der Waals surface area contributed by atoms with Gasteiger partial charge in [-0.3, -0.25) is 0 Å². The number of allylic oxidation sites excluding steroid dienone is 2. The van der Waals surface area contributed by atoms with Crippen molar-refractivity contribution in [3.8, 4) is 11.5 Å². The Kier molecular flexibility index (Phi) is 4.06. The summed E-state index contributed by atoms with van der Waals surface area (Å²) in [6, 6.07) is 5.80. The molecule has 0 aromatic heterocycles. The summed E-state index contributed by atoms with van der Waals surface area (Å²) in [5, 5.41) is 22.9. The van der Waals surface area contributed by atoms with E-state index >= 15 is 0 Å². The van der Waals surface area contributed by atoms with Crippen LogP contribution < -0.4 is 14.8 Å². The standard InChI is InChI=1S/C17H19NO4/c1-2-13(19)14(20)8-11-4-3-7-18-17(11)12-5-6-15-16(9-12)22-10-21-15/h2,5-6,8-9,17-20H,1,3-4,7,10H2/b11-8+,14-13-. The lowest BCUT2D eigenvalue weighted by molar-refractivity contribution is 0.174. The van der Waals surface area contributed by atoms with Crippen LogP contribution in [-0.2, 0) is 0 Å². The first-order chi connectivity index (χ1) is 10.7. The quantitative estimate of drug-likeness (QED) is 0.590. The predicted octanol–water partition coefficient (Wildman–Crippen LogP) is 3.28. The molecule has 1 aromatic carbocycles. The molecule has 2 aliphatic rings. The Morgan fingerprint density at radius 1 is 1.23 bits per heavy atom. The summed E-state index contributed by atoms with van der Waals surface area (Å²) >= 11 is 0. The van der Waals surface area contributed by atoms with Crippen LogP contribution in [0.1, 0.15) is 24.4 Å². The Balaban J connectivity index is 1.93. The lowest BCUT2D eigenvalue weighted by Crippen LogP contribution is -2.29. The molecular formula is C17H19NO4. The Bertz CT molecular complexity index is 648. The molecule has 0 spiro atoms. The summed E-state index contributed by atoms with van der Waals surface area (Å²) in [5.41, 5.74) is 2.05. The molecule has 1 fully saturated rings. The first kappa shape index (κ1) is 14.5. The Hall–Kier alpha value is -2.40. The lowest BCUT2D eigenvalue weighted by Gasteiger charge is -2.27. The van der Waals surface area contributed by atoms with E-state index in [1.165, 1.54) is 6.08 Å². The van der Waals surface area contributed by atoms with Gasteiger partial charge in [0.1, 0.15) is 0 Å². The van der Waals surface area contributed by atoms with E-state index in [1.54, 1.807) is 6.08 Å². The molecule has 2 aliphatic heterocycles. The summed E-state index contributed by atoms with van der Waals surface area (Å²) in [5.74, 6) is 1.09. The lowest BCUT2D eigenvalue weighted by atomic mass is 9.91. The fourth-order valence-electron chi connectivity index (χ4n) is 2.75. The molecule has 0 saturated carbocycles. The predicted molar refractivity (Wildman–Crippen MR) is 83.1 cm³/mol. The molecule has 5 nitrogen and oxygen atoms in total. The van der Waals surface area contributed by atoms with Gasteiger partial charge in [0.25, 0.3) is 0 Å². The van der Waals surface area contributed by atoms with Crippen LogP contribution in [0.15, 0.2) is 54.0 Å². The second-order valence-corrected chi connectivity index (χ2v) is 5.30. The van der Waals surface area contributed by atoms with E-state index < -0.39 is 0 Å². The van der Waals surface area contributed by atoms with Crippen molar-refractivity contribution in [2.75, 3.05) is 13.3 Å². The van der Waals surface area contributed by atoms with Crippen LogP contribution in [0.5, 0.6) is 11.5 Å². The van der Waals surface area contributed by atoms with Gasteiger partial charge in [-0.1, -0.05) is 12.6 Å². The molecule has 0 aliphatic carbocycles. The molecule has 1 atom stereocenters. The Morgan fingerprint density at radius 2 is 2.05 bits per heavy atom. The molecule has 1 aromatic rings. The first-order valence-electron chi connectivity index (χ1n) is 7.27. The van der Waals surface area contributed by atoms with Crippen molar-refractivity contribution in [3.05, 3.63) is 59.6 Å². The highest BCUT2D eigenvalue weighted by Crippen LogP contribution is 2.37. The van der Waals surface area contributed by atoms with E-state index in [9.17, 15) is 10.2 Å². The van der Waals surface area contributed by atoms with Crippen molar-refractivity contribution in [2.24, 2.45) is 0 Å². The summed E-state index contributed by atoms with van der Waals surface area (Å²) in [7, 11) is 0. The molecule has 1 saturated heterocycles. The average molecular weight is 301 g/mol. The molecule has 5 heteroatoms. The highest BCUT2D eigenvalue weighted by Gasteiger charge is 2.23. The fraction of sp³-hybridized carbons (Fsp3) is 0.294. The number of hydrogen-bond donors (Lipinski definition) is 3. The number of fused-ring (bicyclic) bond motifs is 1. The van der Waals surface area contributed by atoms with Gasteiger partial charge >= 0.3 is 0 Å². The van der Waals surface area contributed by atoms with Gasteiger partial charge in [-0.15, -0.1) is 0 Å². The topological polar surface area (TPSA) is 71.0 Å². The smallest absolute Gasteiger partial charge is 0.231 e. The molecule has 1 unspecified atom stereocenters. The number of hydrogen-bond acceptors (Lipinski definition) is 5. The van der Waals surface area contributed by atoms with Gasteiger partial charge < -0.3 is 25.0 Å². The van der Waals surface area contributed by atoms with Crippen molar-refractivity contribution in [1.29, 1.82) is 0 Å². The Morgan fingerprint density at radius 3 is 2.86 bits per heavy atom. The molecule has 116 valence electrons. The number of rotatable bonds is 3. The number of benzene rings is 1. The molecule has 0 amide bonds. The minimum Gasteiger partial charge on any atom is -0.504 e. The van der Waals surface area contributed by atoms with Crippen LogP contribution in [0.25, 0.3) is 0 Å². The van der Waals surface area contributed by atoms with Crippen LogP contribution in [0.2, 0.25) is 0 Å². The second kappa shape index (κ2) is 6.15. The zero-order valence-electron chi connectivity index (χ0n) is 12.2. The molecule has 22 heavy (non-hydrogen) atoms. The van der Waals surface area contributed by atoms with E-state index in [-0.39, 0.29) is 24.4 Å². The van der Waals surface area contributed by atoms with Gasteiger partial charge in [-0.2, -0.15) is 0 Å².